The van der Waals surface area contributed by atoms with E-state index in [1.54, 1.807) is 12.4 Å². The summed E-state index contributed by atoms with van der Waals surface area (Å²) in [7, 11) is 3.74. The number of thiocarbonyl (C=S) groups is 1. The molecule has 0 fully saturated rings. The molecule has 0 bridgehead atoms. The summed E-state index contributed by atoms with van der Waals surface area (Å²) in [5.41, 5.74) is 5.90. The average molecular weight is 469 g/mol. The van der Waals surface area contributed by atoms with Crippen molar-refractivity contribution in [1.29, 1.82) is 0 Å². The molecule has 0 aliphatic carbocycles. The van der Waals surface area contributed by atoms with Gasteiger partial charge < -0.3 is 15.5 Å². The van der Waals surface area contributed by atoms with E-state index < -0.39 is 0 Å². The summed E-state index contributed by atoms with van der Waals surface area (Å²) in [4.78, 5) is 6.22. The third-order valence-electron chi connectivity index (χ3n) is 4.79. The molecule has 4 nitrogen and oxygen atoms in total. The molecule has 0 aromatic carbocycles. The fraction of sp³-hybridized carbons (Fsp3) is 0.429. The standard InChI is InChI=1S/C24H34N4S.C2H6.C2H4/c1-18(2)24(28(7)21(5)25-6)16-19(3)20(4)26-14-10-8-9-12-22-13-11-15-27-23(22)17-29;2*1-2/h16-17,26-27H,1,3-4,10-15H2,2,5-7H3;1-2H3;1-2H2/b24-16-,25-21?;;. The number of rotatable bonds is 9. The lowest BCUT2D eigenvalue weighted by Gasteiger charge is -2.23. The number of likely N-dealkylation sites (N-methyl/N-ethyl adjacent to an activating group) is 1. The normalized spacial score (nSPS) is 12.9. The minimum atomic E-state index is 0.726. The monoisotopic (exact) mass is 468 g/mol. The Morgan fingerprint density at radius 1 is 1.21 bits per heavy atom. The summed E-state index contributed by atoms with van der Waals surface area (Å²) in [6.07, 6.45) is 5.73. The van der Waals surface area contributed by atoms with Gasteiger partial charge in [-0.05, 0) is 49.5 Å². The van der Waals surface area contributed by atoms with Crippen LogP contribution in [0.3, 0.4) is 0 Å². The zero-order valence-electron chi connectivity index (χ0n) is 21.7. The van der Waals surface area contributed by atoms with Gasteiger partial charge in [0.2, 0.25) is 0 Å². The van der Waals surface area contributed by atoms with Gasteiger partial charge >= 0.3 is 0 Å². The van der Waals surface area contributed by atoms with Crippen molar-refractivity contribution >= 4 is 23.4 Å². The smallest absolute Gasteiger partial charge is 0.0995 e. The van der Waals surface area contributed by atoms with E-state index >= 15 is 0 Å². The number of nitrogens with zero attached hydrogens (tertiary/aromatic N) is 2. The van der Waals surface area contributed by atoms with E-state index in [-0.39, 0.29) is 0 Å². The van der Waals surface area contributed by atoms with Gasteiger partial charge in [-0.15, -0.1) is 19.1 Å². The van der Waals surface area contributed by atoms with E-state index in [0.717, 1.165) is 72.8 Å². The molecule has 0 amide bonds. The highest BCUT2D eigenvalue weighted by molar-refractivity contribution is 7.79. The molecule has 0 atom stereocenters. The Morgan fingerprint density at radius 2 is 1.85 bits per heavy atom. The van der Waals surface area contributed by atoms with Crippen molar-refractivity contribution < 1.29 is 0 Å². The van der Waals surface area contributed by atoms with Crippen molar-refractivity contribution in [3.8, 4) is 11.8 Å². The van der Waals surface area contributed by atoms with E-state index in [0.29, 0.717) is 0 Å². The van der Waals surface area contributed by atoms with Crippen LogP contribution in [0.5, 0.6) is 0 Å². The number of hydrogen-bond donors (Lipinski definition) is 2. The number of allylic oxidation sites excluding steroid dienone is 4. The van der Waals surface area contributed by atoms with E-state index in [1.807, 2.05) is 45.7 Å². The maximum absolute atomic E-state index is 5.06. The van der Waals surface area contributed by atoms with Gasteiger partial charge in [0.25, 0.3) is 0 Å². The van der Waals surface area contributed by atoms with E-state index in [1.165, 1.54) is 5.57 Å². The predicted octanol–water partition coefficient (Wildman–Crippen LogP) is 6.34. The Bertz CT molecular complexity index is 819. The van der Waals surface area contributed by atoms with Crippen LogP contribution in [0.2, 0.25) is 0 Å². The van der Waals surface area contributed by atoms with Crippen molar-refractivity contribution in [2.45, 2.75) is 53.4 Å². The highest BCUT2D eigenvalue weighted by atomic mass is 32.1. The maximum atomic E-state index is 5.06. The SMILES string of the molecule is C=C.C=C(/C=C(/C(=C)C)N(C)C(C)=NC)C(=C)NCCC#CCC1=C(C=S)NCCC1.CC. The molecule has 1 heterocycles. The van der Waals surface area contributed by atoms with Crippen LogP contribution in [-0.2, 0) is 0 Å². The quantitative estimate of drug-likeness (QED) is 0.0788. The first-order valence-electron chi connectivity index (χ1n) is 11.3. The lowest BCUT2D eigenvalue weighted by molar-refractivity contribution is 0.630. The molecule has 1 rings (SSSR count). The largest absolute Gasteiger partial charge is 0.384 e. The van der Waals surface area contributed by atoms with E-state index in [2.05, 4.69) is 60.4 Å². The van der Waals surface area contributed by atoms with Crippen molar-refractivity contribution in [3.63, 3.8) is 0 Å². The lowest BCUT2D eigenvalue weighted by atomic mass is 10.0. The maximum Gasteiger partial charge on any atom is 0.0995 e. The topological polar surface area (TPSA) is 39.7 Å². The molecule has 0 aromatic heterocycles. The number of nitrogens with one attached hydrogen (secondary N) is 2. The summed E-state index contributed by atoms with van der Waals surface area (Å²) in [6, 6.07) is 0. The van der Waals surface area contributed by atoms with Gasteiger partial charge in [0.1, 0.15) is 0 Å². The van der Waals surface area contributed by atoms with E-state index in [4.69, 9.17) is 12.2 Å². The van der Waals surface area contributed by atoms with Gasteiger partial charge in [-0.1, -0.05) is 51.7 Å². The minimum absolute atomic E-state index is 0.726. The first-order valence-corrected chi connectivity index (χ1v) is 11.8. The molecular weight excluding hydrogens is 424 g/mol. The van der Waals surface area contributed by atoms with Crippen LogP contribution in [0, 0.1) is 11.8 Å². The van der Waals surface area contributed by atoms with Crippen LogP contribution in [0.25, 0.3) is 0 Å². The second-order valence-electron chi connectivity index (χ2n) is 7.02. The van der Waals surface area contributed by atoms with Crippen molar-refractivity contribution in [3.05, 3.63) is 72.8 Å². The molecule has 1 aliphatic heterocycles. The molecule has 0 saturated heterocycles. The minimum Gasteiger partial charge on any atom is -0.384 e. The Balaban J connectivity index is 0. The fourth-order valence-electron chi connectivity index (χ4n) is 2.82. The van der Waals surface area contributed by atoms with Crippen molar-refractivity contribution in [1.82, 2.24) is 15.5 Å². The van der Waals surface area contributed by atoms with Gasteiger partial charge in [0.15, 0.2) is 0 Å². The third kappa shape index (κ3) is 12.7. The van der Waals surface area contributed by atoms with Gasteiger partial charge in [0, 0.05) is 62.5 Å². The Hall–Kier alpha value is -2.84. The molecule has 0 aromatic rings. The summed E-state index contributed by atoms with van der Waals surface area (Å²) >= 11 is 5.06. The first kappa shape index (κ1) is 32.3. The van der Waals surface area contributed by atoms with Crippen LogP contribution < -0.4 is 10.6 Å². The molecule has 0 unspecified atom stereocenters. The van der Waals surface area contributed by atoms with Crippen LogP contribution in [0.15, 0.2) is 77.8 Å². The summed E-state index contributed by atoms with van der Waals surface area (Å²) in [5, 5.41) is 8.36. The molecule has 182 valence electrons. The predicted molar refractivity (Wildman–Crippen MR) is 154 cm³/mol. The summed E-state index contributed by atoms with van der Waals surface area (Å²) < 4.78 is 0. The second-order valence-corrected chi connectivity index (χ2v) is 7.25. The molecule has 0 saturated carbocycles. The molecule has 2 N–H and O–H groups in total. The van der Waals surface area contributed by atoms with Crippen LogP contribution in [0.1, 0.15) is 53.4 Å². The van der Waals surface area contributed by atoms with Crippen LogP contribution >= 0.6 is 12.2 Å². The third-order valence-corrected chi connectivity index (χ3v) is 5.03. The zero-order chi connectivity index (χ0) is 25.8. The van der Waals surface area contributed by atoms with Gasteiger partial charge in [0.05, 0.1) is 5.84 Å². The van der Waals surface area contributed by atoms with Gasteiger partial charge in [-0.3, -0.25) is 4.99 Å². The molecule has 5 heteroatoms. The highest BCUT2D eigenvalue weighted by Gasteiger charge is 2.10. The Kier molecular flexibility index (Phi) is 19.4. The Labute approximate surface area is 209 Å². The highest BCUT2D eigenvalue weighted by Crippen LogP contribution is 2.18. The lowest BCUT2D eigenvalue weighted by Crippen LogP contribution is -2.24. The molecular formula is C28H44N4S. The molecule has 0 radical (unpaired) electrons. The molecule has 1 aliphatic rings. The van der Waals surface area contributed by atoms with Crippen LogP contribution in [0.4, 0.5) is 0 Å². The summed E-state index contributed by atoms with van der Waals surface area (Å²) in [6.45, 7) is 27.9. The zero-order valence-corrected chi connectivity index (χ0v) is 22.6. The number of hydrogen-bond acceptors (Lipinski definition) is 4. The van der Waals surface area contributed by atoms with Gasteiger partial charge in [-0.25, -0.2) is 0 Å². The fourth-order valence-corrected chi connectivity index (χ4v) is 3.07. The molecule has 33 heavy (non-hydrogen) atoms. The molecule has 0 spiro atoms. The van der Waals surface area contributed by atoms with Crippen molar-refractivity contribution in [2.75, 3.05) is 27.2 Å². The average Bonchev–Trinajstić information content (AvgIpc) is 2.85. The number of aliphatic imine (C=N–C) groups is 1. The van der Waals surface area contributed by atoms with Crippen molar-refractivity contribution in [2.24, 2.45) is 4.99 Å². The first-order chi connectivity index (χ1) is 15.8. The number of amidine groups is 1. The van der Waals surface area contributed by atoms with E-state index in [9.17, 15) is 0 Å². The second kappa shape index (κ2) is 19.8. The Morgan fingerprint density at radius 3 is 2.39 bits per heavy atom. The van der Waals surface area contributed by atoms with Crippen LogP contribution in [-0.4, -0.2) is 43.3 Å². The van der Waals surface area contributed by atoms with Gasteiger partial charge in [-0.2, -0.15) is 0 Å². The summed E-state index contributed by atoms with van der Waals surface area (Å²) in [5.74, 6) is 7.38.